The largest absolute Gasteiger partial charge is 0.481 e. The van der Waals surface area contributed by atoms with Crippen LogP contribution in [0.25, 0.3) is 0 Å². The lowest BCUT2D eigenvalue weighted by molar-refractivity contribution is -0.144. The molecule has 19 heavy (non-hydrogen) atoms. The van der Waals surface area contributed by atoms with E-state index in [1.807, 2.05) is 0 Å². The molecule has 1 saturated carbocycles. The number of aromatic nitrogens is 1. The molecule has 0 saturated heterocycles. The number of carboxylic acids is 1. The molecule has 6 nitrogen and oxygen atoms in total. The first-order valence-electron chi connectivity index (χ1n) is 6.34. The van der Waals surface area contributed by atoms with Crippen molar-refractivity contribution >= 4 is 28.5 Å². The van der Waals surface area contributed by atoms with E-state index >= 15 is 0 Å². The highest BCUT2D eigenvalue weighted by Gasteiger charge is 2.30. The molecular formula is C12H17N3O3S. The maximum absolute atomic E-state index is 11.6. The van der Waals surface area contributed by atoms with Gasteiger partial charge in [0.15, 0.2) is 5.13 Å². The van der Waals surface area contributed by atoms with Crippen LogP contribution < -0.4 is 10.6 Å². The van der Waals surface area contributed by atoms with Crippen molar-refractivity contribution in [3.8, 4) is 0 Å². The zero-order valence-corrected chi connectivity index (χ0v) is 11.3. The summed E-state index contributed by atoms with van der Waals surface area (Å²) >= 11 is 1.34. The Kier molecular flexibility index (Phi) is 4.73. The van der Waals surface area contributed by atoms with Crippen LogP contribution in [0, 0.1) is 11.8 Å². The van der Waals surface area contributed by atoms with Crippen LogP contribution in [0.5, 0.6) is 0 Å². The zero-order chi connectivity index (χ0) is 13.7. The van der Waals surface area contributed by atoms with Gasteiger partial charge < -0.3 is 10.4 Å². The summed E-state index contributed by atoms with van der Waals surface area (Å²) in [5.74, 6) is -1.07. The first-order chi connectivity index (χ1) is 9.16. The number of urea groups is 1. The Morgan fingerprint density at radius 1 is 1.42 bits per heavy atom. The van der Waals surface area contributed by atoms with Crippen LogP contribution in [0.15, 0.2) is 11.6 Å². The average molecular weight is 283 g/mol. The molecule has 2 rings (SSSR count). The van der Waals surface area contributed by atoms with Gasteiger partial charge in [0.25, 0.3) is 0 Å². The Labute approximate surface area is 115 Å². The molecule has 0 bridgehead atoms. The molecular weight excluding hydrogens is 266 g/mol. The third kappa shape index (κ3) is 3.92. The molecule has 1 fully saturated rings. The minimum Gasteiger partial charge on any atom is -0.481 e. The van der Waals surface area contributed by atoms with Crippen LogP contribution in [0.2, 0.25) is 0 Å². The number of carboxylic acid groups (broad SMARTS) is 1. The summed E-state index contributed by atoms with van der Waals surface area (Å²) in [6, 6.07) is -0.329. The molecule has 1 aromatic rings. The van der Waals surface area contributed by atoms with Crippen molar-refractivity contribution in [2.24, 2.45) is 11.8 Å². The van der Waals surface area contributed by atoms with Crippen molar-refractivity contribution in [1.29, 1.82) is 0 Å². The van der Waals surface area contributed by atoms with Crippen molar-refractivity contribution in [3.63, 3.8) is 0 Å². The molecule has 0 aliphatic heterocycles. The number of anilines is 1. The number of nitrogens with zero attached hydrogens (tertiary/aromatic N) is 1. The number of nitrogens with one attached hydrogen (secondary N) is 2. The summed E-state index contributed by atoms with van der Waals surface area (Å²) < 4.78 is 0. The van der Waals surface area contributed by atoms with Crippen molar-refractivity contribution < 1.29 is 14.7 Å². The van der Waals surface area contributed by atoms with Crippen LogP contribution in [0.3, 0.4) is 0 Å². The van der Waals surface area contributed by atoms with E-state index in [1.165, 1.54) is 11.3 Å². The van der Waals surface area contributed by atoms with Crippen LogP contribution in [-0.2, 0) is 4.79 Å². The summed E-state index contributed by atoms with van der Waals surface area (Å²) in [6.45, 7) is 0.397. The van der Waals surface area contributed by atoms with Crippen molar-refractivity contribution in [2.75, 3.05) is 11.9 Å². The molecule has 1 heterocycles. The fourth-order valence-electron chi connectivity index (χ4n) is 2.43. The maximum atomic E-state index is 11.6. The van der Waals surface area contributed by atoms with Gasteiger partial charge in [-0.3, -0.25) is 10.1 Å². The van der Waals surface area contributed by atoms with Gasteiger partial charge in [0.05, 0.1) is 5.92 Å². The zero-order valence-electron chi connectivity index (χ0n) is 10.5. The van der Waals surface area contributed by atoms with E-state index in [4.69, 9.17) is 5.11 Å². The van der Waals surface area contributed by atoms with Gasteiger partial charge in [-0.25, -0.2) is 9.78 Å². The molecule has 0 spiro atoms. The molecule has 1 aliphatic rings. The number of carbonyl (C=O) groups excluding carboxylic acids is 1. The van der Waals surface area contributed by atoms with E-state index in [0.717, 1.165) is 19.3 Å². The van der Waals surface area contributed by atoms with E-state index in [2.05, 4.69) is 15.6 Å². The van der Waals surface area contributed by atoms with Crippen LogP contribution in [-0.4, -0.2) is 28.6 Å². The third-order valence-corrected chi connectivity index (χ3v) is 4.09. The standard InChI is InChI=1S/C12H17N3O3S/c16-10(17)9-4-2-1-3-8(9)7-14-11(18)15-12-13-5-6-19-12/h5-6,8-9H,1-4,7H2,(H,16,17)(H2,13,14,15,18). The minimum absolute atomic E-state index is 0.0216. The monoisotopic (exact) mass is 283 g/mol. The van der Waals surface area contributed by atoms with E-state index in [-0.39, 0.29) is 17.9 Å². The molecule has 1 aliphatic carbocycles. The highest BCUT2D eigenvalue weighted by Crippen LogP contribution is 2.29. The maximum Gasteiger partial charge on any atom is 0.321 e. The topological polar surface area (TPSA) is 91.3 Å². The molecule has 2 unspecified atom stereocenters. The Balaban J connectivity index is 1.80. The summed E-state index contributed by atoms with van der Waals surface area (Å²) in [4.78, 5) is 26.7. The number of aliphatic carboxylic acids is 1. The highest BCUT2D eigenvalue weighted by atomic mass is 32.1. The molecule has 2 atom stereocenters. The summed E-state index contributed by atoms with van der Waals surface area (Å²) in [6.07, 6.45) is 5.16. The Bertz CT molecular complexity index is 435. The molecule has 0 aromatic carbocycles. The van der Waals surface area contributed by atoms with Gasteiger partial charge in [-0.2, -0.15) is 0 Å². The quantitative estimate of drug-likeness (QED) is 0.789. The molecule has 1 aromatic heterocycles. The predicted octanol–water partition coefficient (Wildman–Crippen LogP) is 2.16. The first-order valence-corrected chi connectivity index (χ1v) is 7.22. The number of carbonyl (C=O) groups is 2. The van der Waals surface area contributed by atoms with Crippen LogP contribution in [0.4, 0.5) is 9.93 Å². The third-order valence-electron chi connectivity index (χ3n) is 3.40. The van der Waals surface area contributed by atoms with E-state index in [1.54, 1.807) is 11.6 Å². The van der Waals surface area contributed by atoms with Gasteiger partial charge in [0.2, 0.25) is 0 Å². The second kappa shape index (κ2) is 6.51. The van der Waals surface area contributed by atoms with Crippen LogP contribution in [0.1, 0.15) is 25.7 Å². The van der Waals surface area contributed by atoms with E-state index < -0.39 is 5.97 Å². The molecule has 104 valence electrons. The second-order valence-corrected chi connectivity index (χ2v) is 5.56. The second-order valence-electron chi connectivity index (χ2n) is 4.66. The van der Waals surface area contributed by atoms with Gasteiger partial charge in [0.1, 0.15) is 0 Å². The number of rotatable bonds is 4. The lowest BCUT2D eigenvalue weighted by atomic mass is 9.79. The Morgan fingerprint density at radius 2 is 2.21 bits per heavy atom. The molecule has 7 heteroatoms. The van der Waals surface area contributed by atoms with E-state index in [9.17, 15) is 9.59 Å². The number of hydrogen-bond acceptors (Lipinski definition) is 4. The smallest absolute Gasteiger partial charge is 0.321 e. The fourth-order valence-corrected chi connectivity index (χ4v) is 2.95. The Morgan fingerprint density at radius 3 is 2.89 bits per heavy atom. The minimum atomic E-state index is -0.758. The first kappa shape index (κ1) is 13.8. The summed E-state index contributed by atoms with van der Waals surface area (Å²) in [7, 11) is 0. The SMILES string of the molecule is O=C(NCC1CCCCC1C(=O)O)Nc1nccs1. The lowest BCUT2D eigenvalue weighted by Gasteiger charge is -2.28. The molecule has 2 amide bonds. The summed E-state index contributed by atoms with van der Waals surface area (Å²) in [5, 5.41) is 16.8. The average Bonchev–Trinajstić information content (AvgIpc) is 2.89. The van der Waals surface area contributed by atoms with Gasteiger partial charge >= 0.3 is 12.0 Å². The lowest BCUT2D eigenvalue weighted by Crippen LogP contribution is -2.38. The van der Waals surface area contributed by atoms with Crippen molar-refractivity contribution in [2.45, 2.75) is 25.7 Å². The van der Waals surface area contributed by atoms with Gasteiger partial charge in [-0.05, 0) is 18.8 Å². The van der Waals surface area contributed by atoms with Gasteiger partial charge in [-0.15, -0.1) is 11.3 Å². The molecule has 0 radical (unpaired) electrons. The predicted molar refractivity (Wildman–Crippen MR) is 72.2 cm³/mol. The number of thiazole rings is 1. The normalized spacial score (nSPS) is 22.7. The summed E-state index contributed by atoms with van der Waals surface area (Å²) in [5.41, 5.74) is 0. The van der Waals surface area contributed by atoms with Crippen molar-refractivity contribution in [1.82, 2.24) is 10.3 Å². The number of amides is 2. The number of hydrogen-bond donors (Lipinski definition) is 3. The molecule has 3 N–H and O–H groups in total. The van der Waals surface area contributed by atoms with Crippen LogP contribution >= 0.6 is 11.3 Å². The Hall–Kier alpha value is -1.63. The van der Waals surface area contributed by atoms with E-state index in [0.29, 0.717) is 18.1 Å². The van der Waals surface area contributed by atoms with Gasteiger partial charge in [-0.1, -0.05) is 12.8 Å². The van der Waals surface area contributed by atoms with Gasteiger partial charge in [0, 0.05) is 18.1 Å². The fraction of sp³-hybridized carbons (Fsp3) is 0.583. The van der Waals surface area contributed by atoms with Crippen molar-refractivity contribution in [3.05, 3.63) is 11.6 Å². The highest BCUT2D eigenvalue weighted by molar-refractivity contribution is 7.13.